The van der Waals surface area contributed by atoms with E-state index in [4.69, 9.17) is 21.6 Å². The largest absolute Gasteiger partial charge is 0.490 e. The summed E-state index contributed by atoms with van der Waals surface area (Å²) in [6.07, 6.45) is -3.14. The normalized spacial score (nSPS) is 12.9. The first-order valence-corrected chi connectivity index (χ1v) is 5.93. The van der Waals surface area contributed by atoms with Crippen LogP contribution in [0.15, 0.2) is 30.5 Å². The summed E-state index contributed by atoms with van der Waals surface area (Å²) in [5.41, 5.74) is 0.360. The van der Waals surface area contributed by atoms with Crippen molar-refractivity contribution in [3.05, 3.63) is 35.5 Å². The summed E-state index contributed by atoms with van der Waals surface area (Å²) < 4.78 is 42.5. The number of rotatable bonds is 3. The van der Waals surface area contributed by atoms with E-state index in [2.05, 4.69) is 4.98 Å². The van der Waals surface area contributed by atoms with Crippen LogP contribution in [-0.2, 0) is 0 Å². The lowest BCUT2D eigenvalue weighted by molar-refractivity contribution is -0.165. The van der Waals surface area contributed by atoms with Crippen LogP contribution in [0.3, 0.4) is 0 Å². The summed E-state index contributed by atoms with van der Waals surface area (Å²) >= 11 is 5.96. The predicted octanol–water partition coefficient (Wildman–Crippen LogP) is 3.97. The highest BCUT2D eigenvalue weighted by Gasteiger charge is 2.40. The van der Waals surface area contributed by atoms with Gasteiger partial charge in [0.05, 0.1) is 11.1 Å². The fraction of sp³-hybridized carbons (Fsp3) is 0.231. The molecule has 0 aliphatic heterocycles. The molecule has 0 N–H and O–H groups in total. The van der Waals surface area contributed by atoms with Gasteiger partial charge in [0.25, 0.3) is 0 Å². The second kappa shape index (κ2) is 5.55. The van der Waals surface area contributed by atoms with Crippen molar-refractivity contribution in [2.75, 3.05) is 6.61 Å². The number of alkyl halides is 3. The Bertz CT molecular complexity index is 667. The SMILES string of the molecule is N#CC(COc1ccc(Cl)c2cccnc12)C(F)(F)F. The molecule has 0 aliphatic carbocycles. The lowest BCUT2D eigenvalue weighted by atomic mass is 10.2. The minimum Gasteiger partial charge on any atom is -0.490 e. The van der Waals surface area contributed by atoms with Crippen molar-refractivity contribution in [3.63, 3.8) is 0 Å². The number of nitriles is 1. The van der Waals surface area contributed by atoms with Gasteiger partial charge in [-0.3, -0.25) is 4.98 Å². The molecule has 104 valence electrons. The molecule has 1 heterocycles. The lowest BCUT2D eigenvalue weighted by Crippen LogP contribution is -2.27. The molecule has 7 heteroatoms. The van der Waals surface area contributed by atoms with E-state index in [1.54, 1.807) is 12.1 Å². The van der Waals surface area contributed by atoms with Gasteiger partial charge in [-0.15, -0.1) is 0 Å². The van der Waals surface area contributed by atoms with Gasteiger partial charge in [-0.05, 0) is 24.3 Å². The first-order valence-electron chi connectivity index (χ1n) is 5.56. The molecule has 0 aliphatic rings. The maximum atomic E-state index is 12.5. The van der Waals surface area contributed by atoms with E-state index in [-0.39, 0.29) is 5.75 Å². The van der Waals surface area contributed by atoms with Crippen molar-refractivity contribution in [1.82, 2.24) is 4.98 Å². The molecule has 0 saturated carbocycles. The Morgan fingerprint density at radius 1 is 1.35 bits per heavy atom. The fourth-order valence-corrected chi connectivity index (χ4v) is 1.82. The van der Waals surface area contributed by atoms with Gasteiger partial charge in [-0.1, -0.05) is 11.6 Å². The molecule has 2 aromatic rings. The maximum Gasteiger partial charge on any atom is 0.407 e. The number of fused-ring (bicyclic) bond motifs is 1. The van der Waals surface area contributed by atoms with Crippen LogP contribution in [0.4, 0.5) is 13.2 Å². The number of halogens is 4. The van der Waals surface area contributed by atoms with Gasteiger partial charge < -0.3 is 4.74 Å². The monoisotopic (exact) mass is 300 g/mol. The topological polar surface area (TPSA) is 45.9 Å². The minimum absolute atomic E-state index is 0.162. The number of benzene rings is 1. The molecule has 2 rings (SSSR count). The van der Waals surface area contributed by atoms with Crippen LogP contribution in [0.25, 0.3) is 10.9 Å². The van der Waals surface area contributed by atoms with E-state index >= 15 is 0 Å². The van der Waals surface area contributed by atoms with E-state index in [0.717, 1.165) is 0 Å². The Balaban J connectivity index is 2.27. The molecule has 0 spiro atoms. The van der Waals surface area contributed by atoms with Crippen molar-refractivity contribution in [1.29, 1.82) is 5.26 Å². The molecule has 20 heavy (non-hydrogen) atoms. The first-order chi connectivity index (χ1) is 9.43. The highest BCUT2D eigenvalue weighted by molar-refractivity contribution is 6.35. The molecule has 0 bridgehead atoms. The molecule has 0 radical (unpaired) electrons. The summed E-state index contributed by atoms with van der Waals surface area (Å²) in [5.74, 6) is -2.02. The summed E-state index contributed by atoms with van der Waals surface area (Å²) in [5, 5.41) is 9.51. The van der Waals surface area contributed by atoms with Crippen LogP contribution < -0.4 is 4.74 Å². The minimum atomic E-state index is -4.62. The smallest absolute Gasteiger partial charge is 0.407 e. The van der Waals surface area contributed by atoms with Crippen LogP contribution in [-0.4, -0.2) is 17.8 Å². The Labute approximate surface area is 117 Å². The van der Waals surface area contributed by atoms with E-state index in [1.165, 1.54) is 24.4 Å². The Kier molecular flexibility index (Phi) is 4.00. The average molecular weight is 301 g/mol. The third-order valence-corrected chi connectivity index (χ3v) is 2.97. The zero-order chi connectivity index (χ0) is 14.8. The Morgan fingerprint density at radius 2 is 2.10 bits per heavy atom. The summed E-state index contributed by atoms with van der Waals surface area (Å²) in [6.45, 7) is -0.784. The van der Waals surface area contributed by atoms with Gasteiger partial charge in [0.1, 0.15) is 17.9 Å². The van der Waals surface area contributed by atoms with Gasteiger partial charge in [-0.25, -0.2) is 0 Å². The third kappa shape index (κ3) is 2.94. The van der Waals surface area contributed by atoms with Crippen molar-refractivity contribution >= 4 is 22.5 Å². The molecular weight excluding hydrogens is 293 g/mol. The van der Waals surface area contributed by atoms with Gasteiger partial charge in [0.2, 0.25) is 0 Å². The second-order valence-corrected chi connectivity index (χ2v) is 4.39. The van der Waals surface area contributed by atoms with E-state index < -0.39 is 18.7 Å². The zero-order valence-electron chi connectivity index (χ0n) is 9.99. The van der Waals surface area contributed by atoms with Crippen molar-refractivity contribution < 1.29 is 17.9 Å². The van der Waals surface area contributed by atoms with Crippen molar-refractivity contribution in [2.45, 2.75) is 6.18 Å². The predicted molar refractivity (Wildman–Crippen MR) is 67.4 cm³/mol. The average Bonchev–Trinajstić information content (AvgIpc) is 2.40. The number of aromatic nitrogens is 1. The quantitative estimate of drug-likeness (QED) is 0.861. The van der Waals surface area contributed by atoms with Gasteiger partial charge >= 0.3 is 6.18 Å². The maximum absolute atomic E-state index is 12.5. The molecule has 3 nitrogen and oxygen atoms in total. The molecule has 0 amide bonds. The Morgan fingerprint density at radius 3 is 2.75 bits per heavy atom. The van der Waals surface area contributed by atoms with Crippen LogP contribution in [0, 0.1) is 17.2 Å². The van der Waals surface area contributed by atoms with Crippen LogP contribution in [0.1, 0.15) is 0 Å². The van der Waals surface area contributed by atoms with Crippen LogP contribution >= 0.6 is 11.6 Å². The molecule has 1 atom stereocenters. The molecular formula is C13H8ClF3N2O. The zero-order valence-corrected chi connectivity index (χ0v) is 10.7. The number of ether oxygens (including phenoxy) is 1. The highest BCUT2D eigenvalue weighted by atomic mass is 35.5. The van der Waals surface area contributed by atoms with E-state index in [1.807, 2.05) is 0 Å². The lowest BCUT2D eigenvalue weighted by Gasteiger charge is -2.15. The molecule has 1 unspecified atom stereocenters. The standard InChI is InChI=1S/C13H8ClF3N2O/c14-10-3-4-11(12-9(10)2-1-5-19-12)20-7-8(6-18)13(15,16)17/h1-5,8H,7H2. The van der Waals surface area contributed by atoms with E-state index in [0.29, 0.717) is 15.9 Å². The Hall–Kier alpha value is -2.00. The summed E-state index contributed by atoms with van der Waals surface area (Å²) in [6, 6.07) is 7.46. The molecule has 0 saturated heterocycles. The van der Waals surface area contributed by atoms with Crippen LogP contribution in [0.5, 0.6) is 5.75 Å². The summed E-state index contributed by atoms with van der Waals surface area (Å²) in [7, 11) is 0. The molecule has 1 aromatic carbocycles. The van der Waals surface area contributed by atoms with Crippen molar-refractivity contribution in [2.24, 2.45) is 5.92 Å². The number of pyridine rings is 1. The van der Waals surface area contributed by atoms with Gasteiger partial charge in [0, 0.05) is 11.6 Å². The van der Waals surface area contributed by atoms with Crippen LogP contribution in [0.2, 0.25) is 5.02 Å². The molecule has 1 aromatic heterocycles. The number of nitrogens with zero attached hydrogens (tertiary/aromatic N) is 2. The van der Waals surface area contributed by atoms with E-state index in [9.17, 15) is 13.2 Å². The van der Waals surface area contributed by atoms with Gasteiger partial charge in [-0.2, -0.15) is 18.4 Å². The highest BCUT2D eigenvalue weighted by Crippen LogP contribution is 2.31. The second-order valence-electron chi connectivity index (χ2n) is 3.98. The third-order valence-electron chi connectivity index (χ3n) is 2.64. The fourth-order valence-electron chi connectivity index (χ4n) is 1.61. The number of hydrogen-bond donors (Lipinski definition) is 0. The van der Waals surface area contributed by atoms with Crippen molar-refractivity contribution in [3.8, 4) is 11.8 Å². The molecule has 0 fully saturated rings. The summed E-state index contributed by atoms with van der Waals surface area (Å²) in [4.78, 5) is 4.03. The number of hydrogen-bond acceptors (Lipinski definition) is 3. The first kappa shape index (κ1) is 14.4. The van der Waals surface area contributed by atoms with Gasteiger partial charge in [0.15, 0.2) is 5.92 Å².